The van der Waals surface area contributed by atoms with Crippen LogP contribution in [0.3, 0.4) is 0 Å². The summed E-state index contributed by atoms with van der Waals surface area (Å²) in [4.78, 5) is 7.06. The maximum atomic E-state index is 5.74. The van der Waals surface area contributed by atoms with Crippen LogP contribution in [0.1, 0.15) is 31.0 Å². The van der Waals surface area contributed by atoms with Crippen molar-refractivity contribution in [3.63, 3.8) is 0 Å². The maximum absolute atomic E-state index is 5.74. The summed E-state index contributed by atoms with van der Waals surface area (Å²) in [5.41, 5.74) is 9.28. The Morgan fingerprint density at radius 1 is 1.20 bits per heavy atom. The number of nitrogens with zero attached hydrogens (tertiary/aromatic N) is 2. The highest BCUT2D eigenvalue weighted by Gasteiger charge is 2.09. The van der Waals surface area contributed by atoms with Gasteiger partial charge in [0.1, 0.15) is 0 Å². The third-order valence-electron chi connectivity index (χ3n) is 3.60. The summed E-state index contributed by atoms with van der Waals surface area (Å²) in [6.45, 7) is 8.04. The van der Waals surface area contributed by atoms with Gasteiger partial charge in [0.25, 0.3) is 0 Å². The second-order valence-corrected chi connectivity index (χ2v) is 5.36. The SMILES string of the molecule is CCCCN(CCN)Cc1cc(C)nc2ccccc12. The first-order valence-electron chi connectivity index (χ1n) is 7.52. The van der Waals surface area contributed by atoms with E-state index >= 15 is 0 Å². The van der Waals surface area contributed by atoms with Crippen molar-refractivity contribution < 1.29 is 0 Å². The molecule has 0 aliphatic rings. The Balaban J connectivity index is 2.26. The van der Waals surface area contributed by atoms with Gasteiger partial charge < -0.3 is 5.73 Å². The van der Waals surface area contributed by atoms with Crippen LogP contribution in [0.4, 0.5) is 0 Å². The number of aromatic nitrogens is 1. The monoisotopic (exact) mass is 271 g/mol. The van der Waals surface area contributed by atoms with Gasteiger partial charge in [0.2, 0.25) is 0 Å². The minimum Gasteiger partial charge on any atom is -0.329 e. The number of benzene rings is 1. The fraction of sp³-hybridized carbons (Fsp3) is 0.471. The van der Waals surface area contributed by atoms with Crippen molar-refractivity contribution in [1.29, 1.82) is 0 Å². The summed E-state index contributed by atoms with van der Waals surface area (Å²) < 4.78 is 0. The topological polar surface area (TPSA) is 42.1 Å². The van der Waals surface area contributed by atoms with E-state index in [2.05, 4.69) is 48.0 Å². The number of aryl methyl sites for hydroxylation is 1. The van der Waals surface area contributed by atoms with Gasteiger partial charge in [0.05, 0.1) is 5.52 Å². The molecule has 20 heavy (non-hydrogen) atoms. The molecule has 0 aliphatic heterocycles. The molecule has 0 saturated carbocycles. The van der Waals surface area contributed by atoms with Crippen LogP contribution in [-0.4, -0.2) is 29.5 Å². The molecule has 0 aliphatic carbocycles. The minimum atomic E-state index is 0.714. The molecule has 3 nitrogen and oxygen atoms in total. The molecule has 1 aromatic heterocycles. The molecule has 0 amide bonds. The molecule has 1 aromatic carbocycles. The van der Waals surface area contributed by atoms with Crippen molar-refractivity contribution in [3.8, 4) is 0 Å². The van der Waals surface area contributed by atoms with Gasteiger partial charge in [-0.3, -0.25) is 9.88 Å². The molecule has 2 rings (SSSR count). The van der Waals surface area contributed by atoms with Crippen LogP contribution in [0, 0.1) is 6.92 Å². The van der Waals surface area contributed by atoms with Crippen LogP contribution < -0.4 is 5.73 Å². The number of pyridine rings is 1. The lowest BCUT2D eigenvalue weighted by atomic mass is 10.1. The van der Waals surface area contributed by atoms with Crippen LogP contribution >= 0.6 is 0 Å². The Labute approximate surface area is 121 Å². The second kappa shape index (κ2) is 7.36. The number of rotatable bonds is 7. The smallest absolute Gasteiger partial charge is 0.0708 e. The fourth-order valence-electron chi connectivity index (χ4n) is 2.60. The summed E-state index contributed by atoms with van der Waals surface area (Å²) in [7, 11) is 0. The first-order chi connectivity index (χ1) is 9.74. The fourth-order valence-corrected chi connectivity index (χ4v) is 2.60. The summed E-state index contributed by atoms with van der Waals surface area (Å²) in [5.74, 6) is 0. The first-order valence-corrected chi connectivity index (χ1v) is 7.52. The Morgan fingerprint density at radius 3 is 2.75 bits per heavy atom. The molecule has 0 radical (unpaired) electrons. The molecule has 1 heterocycles. The molecule has 0 saturated heterocycles. The van der Waals surface area contributed by atoms with E-state index in [0.717, 1.165) is 30.8 Å². The van der Waals surface area contributed by atoms with Gasteiger partial charge in [-0.05, 0) is 37.6 Å². The zero-order chi connectivity index (χ0) is 14.4. The van der Waals surface area contributed by atoms with Gasteiger partial charge in [-0.1, -0.05) is 31.5 Å². The third kappa shape index (κ3) is 3.78. The van der Waals surface area contributed by atoms with Gasteiger partial charge in [0.15, 0.2) is 0 Å². The number of fused-ring (bicyclic) bond motifs is 1. The lowest BCUT2D eigenvalue weighted by Gasteiger charge is -2.22. The lowest BCUT2D eigenvalue weighted by Crippen LogP contribution is -2.30. The second-order valence-electron chi connectivity index (χ2n) is 5.36. The predicted octanol–water partition coefficient (Wildman–Crippen LogP) is 3.10. The van der Waals surface area contributed by atoms with Crippen molar-refractivity contribution in [3.05, 3.63) is 41.6 Å². The average molecular weight is 271 g/mol. The van der Waals surface area contributed by atoms with Crippen molar-refractivity contribution >= 4 is 10.9 Å². The molecule has 0 unspecified atom stereocenters. The first kappa shape index (κ1) is 14.9. The summed E-state index contributed by atoms with van der Waals surface area (Å²) in [5, 5.41) is 1.26. The van der Waals surface area contributed by atoms with E-state index in [-0.39, 0.29) is 0 Å². The Bertz CT molecular complexity index is 551. The molecule has 2 aromatic rings. The van der Waals surface area contributed by atoms with Crippen LogP contribution in [0.25, 0.3) is 10.9 Å². The van der Waals surface area contributed by atoms with E-state index in [0.29, 0.717) is 6.54 Å². The zero-order valence-corrected chi connectivity index (χ0v) is 12.6. The Hall–Kier alpha value is -1.45. The average Bonchev–Trinajstić information content (AvgIpc) is 2.44. The lowest BCUT2D eigenvalue weighted by molar-refractivity contribution is 0.269. The molecule has 0 spiro atoms. The molecule has 3 heteroatoms. The van der Waals surface area contributed by atoms with E-state index in [1.165, 1.54) is 23.8 Å². The standard InChI is InChI=1S/C17H25N3/c1-3-4-10-20(11-9-18)13-15-12-14(2)19-17-8-6-5-7-16(15)17/h5-8,12H,3-4,9-11,13,18H2,1-2H3. The van der Waals surface area contributed by atoms with E-state index < -0.39 is 0 Å². The molecule has 2 N–H and O–H groups in total. The highest BCUT2D eigenvalue weighted by molar-refractivity contribution is 5.82. The van der Waals surface area contributed by atoms with Gasteiger partial charge in [0, 0.05) is 30.7 Å². The number of hydrogen-bond donors (Lipinski definition) is 1. The number of unbranched alkanes of at least 4 members (excludes halogenated alkanes) is 1. The molecular weight excluding hydrogens is 246 g/mol. The van der Waals surface area contributed by atoms with Gasteiger partial charge in [-0.25, -0.2) is 0 Å². The maximum Gasteiger partial charge on any atom is 0.0708 e. The molecule has 0 bridgehead atoms. The summed E-state index contributed by atoms with van der Waals surface area (Å²) in [6.07, 6.45) is 2.44. The van der Waals surface area contributed by atoms with Gasteiger partial charge >= 0.3 is 0 Å². The summed E-state index contributed by atoms with van der Waals surface area (Å²) >= 11 is 0. The molecular formula is C17H25N3. The number of nitrogens with two attached hydrogens (primary N) is 1. The largest absolute Gasteiger partial charge is 0.329 e. The molecule has 0 fully saturated rings. The molecule has 108 valence electrons. The van der Waals surface area contributed by atoms with Crippen LogP contribution in [0.15, 0.2) is 30.3 Å². The van der Waals surface area contributed by atoms with E-state index in [1.807, 2.05) is 6.07 Å². The normalized spacial score (nSPS) is 11.4. The quantitative estimate of drug-likeness (QED) is 0.841. The summed E-state index contributed by atoms with van der Waals surface area (Å²) in [6, 6.07) is 10.6. The van der Waals surface area contributed by atoms with Crippen LogP contribution in [0.2, 0.25) is 0 Å². The van der Waals surface area contributed by atoms with Crippen molar-refractivity contribution in [2.24, 2.45) is 5.73 Å². The highest BCUT2D eigenvalue weighted by atomic mass is 15.1. The van der Waals surface area contributed by atoms with Gasteiger partial charge in [-0.2, -0.15) is 0 Å². The number of hydrogen-bond acceptors (Lipinski definition) is 3. The Morgan fingerprint density at radius 2 is 2.00 bits per heavy atom. The minimum absolute atomic E-state index is 0.714. The van der Waals surface area contributed by atoms with Crippen molar-refractivity contribution in [1.82, 2.24) is 9.88 Å². The van der Waals surface area contributed by atoms with Crippen molar-refractivity contribution in [2.45, 2.75) is 33.2 Å². The number of para-hydroxylation sites is 1. The van der Waals surface area contributed by atoms with E-state index in [4.69, 9.17) is 5.73 Å². The van der Waals surface area contributed by atoms with Crippen molar-refractivity contribution in [2.75, 3.05) is 19.6 Å². The zero-order valence-electron chi connectivity index (χ0n) is 12.6. The van der Waals surface area contributed by atoms with E-state index in [9.17, 15) is 0 Å². The Kier molecular flexibility index (Phi) is 5.50. The van der Waals surface area contributed by atoms with E-state index in [1.54, 1.807) is 0 Å². The van der Waals surface area contributed by atoms with Crippen LogP contribution in [-0.2, 0) is 6.54 Å². The third-order valence-corrected chi connectivity index (χ3v) is 3.60. The highest BCUT2D eigenvalue weighted by Crippen LogP contribution is 2.19. The molecule has 0 atom stereocenters. The van der Waals surface area contributed by atoms with Crippen LogP contribution in [0.5, 0.6) is 0 Å². The van der Waals surface area contributed by atoms with Gasteiger partial charge in [-0.15, -0.1) is 0 Å². The predicted molar refractivity (Wildman–Crippen MR) is 85.7 cm³/mol.